The molecule has 112 valence electrons. The van der Waals surface area contributed by atoms with Gasteiger partial charge in [0.1, 0.15) is 5.75 Å². The number of para-hydroxylation sites is 1. The lowest BCUT2D eigenvalue weighted by Gasteiger charge is -2.48. The summed E-state index contributed by atoms with van der Waals surface area (Å²) in [5.41, 5.74) is 6.00. The van der Waals surface area contributed by atoms with E-state index in [0.717, 1.165) is 43.4 Å². The summed E-state index contributed by atoms with van der Waals surface area (Å²) in [5, 5.41) is 11.1. The van der Waals surface area contributed by atoms with E-state index in [2.05, 4.69) is 13.0 Å². The fourth-order valence-corrected chi connectivity index (χ4v) is 3.41. The van der Waals surface area contributed by atoms with E-state index in [1.807, 2.05) is 25.1 Å². The lowest BCUT2D eigenvalue weighted by Crippen LogP contribution is -2.56. The average Bonchev–Trinajstić information content (AvgIpc) is 2.46. The molecule has 0 aliphatic carbocycles. The second kappa shape index (κ2) is 6.15. The summed E-state index contributed by atoms with van der Waals surface area (Å²) in [6.07, 6.45) is 4.90. The Balaban J connectivity index is 2.34. The van der Waals surface area contributed by atoms with Gasteiger partial charge in [0.2, 0.25) is 0 Å². The van der Waals surface area contributed by atoms with Gasteiger partial charge >= 0.3 is 0 Å². The Labute approximate surface area is 122 Å². The van der Waals surface area contributed by atoms with Crippen LogP contribution in [0.4, 0.5) is 0 Å². The second-order valence-electron chi connectivity index (χ2n) is 6.11. The van der Waals surface area contributed by atoms with Crippen molar-refractivity contribution in [2.75, 3.05) is 13.2 Å². The van der Waals surface area contributed by atoms with Crippen molar-refractivity contribution in [3.05, 3.63) is 29.8 Å². The molecule has 0 bridgehead atoms. The molecular formula is C17H27NO2. The minimum absolute atomic E-state index is 0.393. The minimum atomic E-state index is -0.795. The summed E-state index contributed by atoms with van der Waals surface area (Å²) in [4.78, 5) is 0. The van der Waals surface area contributed by atoms with Crippen molar-refractivity contribution in [3.8, 4) is 5.75 Å². The highest BCUT2D eigenvalue weighted by atomic mass is 16.5. The molecule has 1 aromatic rings. The van der Waals surface area contributed by atoms with Crippen LogP contribution in [-0.2, 0) is 5.41 Å². The smallest absolute Gasteiger partial charge is 0.123 e. The van der Waals surface area contributed by atoms with E-state index in [9.17, 15) is 5.11 Å². The number of fused-ring (bicyclic) bond motifs is 1. The largest absolute Gasteiger partial charge is 0.493 e. The van der Waals surface area contributed by atoms with Gasteiger partial charge < -0.3 is 15.6 Å². The van der Waals surface area contributed by atoms with Crippen LogP contribution < -0.4 is 10.5 Å². The van der Waals surface area contributed by atoms with Crippen LogP contribution in [-0.4, -0.2) is 23.9 Å². The van der Waals surface area contributed by atoms with Crippen LogP contribution in [0.1, 0.15) is 51.5 Å². The third-order valence-electron chi connectivity index (χ3n) is 4.84. The zero-order chi connectivity index (χ0) is 14.6. The molecule has 0 radical (unpaired) electrons. The van der Waals surface area contributed by atoms with Gasteiger partial charge in [-0.25, -0.2) is 0 Å². The van der Waals surface area contributed by atoms with E-state index < -0.39 is 11.0 Å². The zero-order valence-corrected chi connectivity index (χ0v) is 12.7. The number of ether oxygens (including phenoxy) is 1. The van der Waals surface area contributed by atoms with Gasteiger partial charge in [0.25, 0.3) is 0 Å². The third-order valence-corrected chi connectivity index (χ3v) is 4.84. The lowest BCUT2D eigenvalue weighted by atomic mass is 9.63. The molecule has 0 saturated heterocycles. The summed E-state index contributed by atoms with van der Waals surface area (Å²) >= 11 is 0. The molecule has 20 heavy (non-hydrogen) atoms. The summed E-state index contributed by atoms with van der Waals surface area (Å²) in [5.74, 6) is 0.875. The summed E-state index contributed by atoms with van der Waals surface area (Å²) in [6, 6.07) is 7.99. The van der Waals surface area contributed by atoms with E-state index in [1.165, 1.54) is 0 Å². The van der Waals surface area contributed by atoms with Crippen LogP contribution in [0, 0.1) is 0 Å². The molecule has 1 aliphatic heterocycles. The fourth-order valence-electron chi connectivity index (χ4n) is 3.41. The van der Waals surface area contributed by atoms with Gasteiger partial charge in [0, 0.05) is 17.5 Å². The number of aliphatic hydroxyl groups is 1. The molecule has 1 heterocycles. The first-order valence-electron chi connectivity index (χ1n) is 7.72. The molecule has 3 nitrogen and oxygen atoms in total. The van der Waals surface area contributed by atoms with Crippen molar-refractivity contribution in [3.63, 3.8) is 0 Å². The molecule has 0 amide bonds. The highest BCUT2D eigenvalue weighted by Gasteiger charge is 2.49. The predicted octanol–water partition coefficient (Wildman–Crippen LogP) is 3.00. The number of nitrogens with two attached hydrogens (primary N) is 1. The zero-order valence-electron chi connectivity index (χ0n) is 12.7. The molecule has 0 spiro atoms. The van der Waals surface area contributed by atoms with E-state index in [0.29, 0.717) is 13.2 Å². The lowest BCUT2D eigenvalue weighted by molar-refractivity contribution is -0.0459. The van der Waals surface area contributed by atoms with Crippen molar-refractivity contribution in [1.29, 1.82) is 0 Å². The van der Waals surface area contributed by atoms with Crippen molar-refractivity contribution < 1.29 is 9.84 Å². The number of hydrogen-bond donors (Lipinski definition) is 2. The van der Waals surface area contributed by atoms with Gasteiger partial charge in [0.15, 0.2) is 0 Å². The molecule has 0 saturated carbocycles. The molecule has 3 N–H and O–H groups in total. The highest BCUT2D eigenvalue weighted by Crippen LogP contribution is 2.47. The number of hydrogen-bond acceptors (Lipinski definition) is 3. The Morgan fingerprint density at radius 1 is 1.35 bits per heavy atom. The van der Waals surface area contributed by atoms with Gasteiger partial charge in [-0.05, 0) is 25.8 Å². The van der Waals surface area contributed by atoms with Crippen molar-refractivity contribution in [1.82, 2.24) is 0 Å². The Morgan fingerprint density at radius 3 is 2.80 bits per heavy atom. The average molecular weight is 277 g/mol. The Morgan fingerprint density at radius 2 is 2.10 bits per heavy atom. The van der Waals surface area contributed by atoms with Crippen LogP contribution in [0.15, 0.2) is 24.3 Å². The van der Waals surface area contributed by atoms with Gasteiger partial charge in [-0.15, -0.1) is 0 Å². The van der Waals surface area contributed by atoms with E-state index in [-0.39, 0.29) is 0 Å². The molecule has 3 heteroatoms. The van der Waals surface area contributed by atoms with Gasteiger partial charge in [-0.2, -0.15) is 0 Å². The quantitative estimate of drug-likeness (QED) is 0.786. The van der Waals surface area contributed by atoms with Crippen molar-refractivity contribution in [2.24, 2.45) is 5.73 Å². The summed E-state index contributed by atoms with van der Waals surface area (Å²) in [6.45, 7) is 5.19. The molecule has 1 aromatic carbocycles. The SMILES string of the molecule is CCCCCC(C)(O)C1(CN)CCOc2ccccc21. The Bertz CT molecular complexity index is 444. The maximum atomic E-state index is 11.1. The van der Waals surface area contributed by atoms with Crippen LogP contribution in [0.5, 0.6) is 5.75 Å². The topological polar surface area (TPSA) is 55.5 Å². The first-order chi connectivity index (χ1) is 9.57. The van der Waals surface area contributed by atoms with Crippen molar-refractivity contribution in [2.45, 2.75) is 57.0 Å². The first-order valence-corrected chi connectivity index (χ1v) is 7.72. The molecular weight excluding hydrogens is 250 g/mol. The maximum Gasteiger partial charge on any atom is 0.123 e. The van der Waals surface area contributed by atoms with Crippen LogP contribution in [0.3, 0.4) is 0 Å². The normalized spacial score (nSPS) is 24.6. The monoisotopic (exact) mass is 277 g/mol. The maximum absolute atomic E-state index is 11.1. The van der Waals surface area contributed by atoms with Gasteiger partial charge in [-0.1, -0.05) is 44.4 Å². The van der Waals surface area contributed by atoms with Gasteiger partial charge in [-0.3, -0.25) is 0 Å². The Hall–Kier alpha value is -1.06. The van der Waals surface area contributed by atoms with Crippen LogP contribution >= 0.6 is 0 Å². The third kappa shape index (κ3) is 2.57. The van der Waals surface area contributed by atoms with E-state index >= 15 is 0 Å². The number of unbranched alkanes of at least 4 members (excludes halogenated alkanes) is 2. The molecule has 2 unspecified atom stereocenters. The second-order valence-corrected chi connectivity index (χ2v) is 6.11. The standard InChI is InChI=1S/C17H27NO2/c1-3-4-7-10-16(2,19)17(13-18)11-12-20-15-9-6-5-8-14(15)17/h5-6,8-9,19H,3-4,7,10-13,18H2,1-2H3. The number of rotatable bonds is 6. The predicted molar refractivity (Wildman–Crippen MR) is 82.1 cm³/mol. The number of benzene rings is 1. The first kappa shape index (κ1) is 15.3. The van der Waals surface area contributed by atoms with E-state index in [1.54, 1.807) is 0 Å². The summed E-state index contributed by atoms with van der Waals surface area (Å²) in [7, 11) is 0. The molecule has 0 aromatic heterocycles. The molecule has 1 aliphatic rings. The fraction of sp³-hybridized carbons (Fsp3) is 0.647. The van der Waals surface area contributed by atoms with E-state index in [4.69, 9.17) is 10.5 Å². The highest BCUT2D eigenvalue weighted by molar-refractivity contribution is 5.44. The van der Waals surface area contributed by atoms with Crippen LogP contribution in [0.2, 0.25) is 0 Å². The molecule has 0 fully saturated rings. The van der Waals surface area contributed by atoms with Crippen LogP contribution in [0.25, 0.3) is 0 Å². The summed E-state index contributed by atoms with van der Waals surface area (Å²) < 4.78 is 5.73. The molecule has 2 rings (SSSR count). The minimum Gasteiger partial charge on any atom is -0.493 e. The van der Waals surface area contributed by atoms with Crippen molar-refractivity contribution >= 4 is 0 Å². The Kier molecular flexibility index (Phi) is 4.71. The molecule has 2 atom stereocenters. The van der Waals surface area contributed by atoms with Gasteiger partial charge in [0.05, 0.1) is 12.2 Å².